The van der Waals surface area contributed by atoms with Crippen LogP contribution in [0.3, 0.4) is 0 Å². The van der Waals surface area contributed by atoms with Crippen LogP contribution in [0, 0.1) is 6.92 Å². The molecule has 0 radical (unpaired) electrons. The van der Waals surface area contributed by atoms with Crippen LogP contribution in [-0.4, -0.2) is 26.6 Å². The third kappa shape index (κ3) is 4.96. The molecule has 34 heavy (non-hydrogen) atoms. The number of fused-ring (bicyclic) bond motifs is 1. The Labute approximate surface area is 199 Å². The van der Waals surface area contributed by atoms with E-state index in [1.165, 1.54) is 16.0 Å². The molecule has 174 valence electrons. The molecule has 2 heterocycles. The van der Waals surface area contributed by atoms with Gasteiger partial charge in [-0.05, 0) is 45.0 Å². The predicted octanol–water partition coefficient (Wildman–Crippen LogP) is 3.40. The van der Waals surface area contributed by atoms with Crippen molar-refractivity contribution in [1.29, 1.82) is 0 Å². The van der Waals surface area contributed by atoms with E-state index in [-0.39, 0.29) is 23.9 Å². The molecular formula is C24H23N5O4S. The van der Waals surface area contributed by atoms with E-state index in [1.54, 1.807) is 62.4 Å². The van der Waals surface area contributed by atoms with Gasteiger partial charge in [0.25, 0.3) is 17.4 Å². The maximum atomic E-state index is 12.9. The SMILES string of the molecule is Cc1nc(COc2cccc(C(=O)NNC(=O)c3nn(C(C)C)c(=O)c4ccccc34)c2)cs1. The Hall–Kier alpha value is -4.05. The average Bonchev–Trinajstić information content (AvgIpc) is 3.26. The molecule has 2 amide bonds. The van der Waals surface area contributed by atoms with Gasteiger partial charge in [0.1, 0.15) is 12.4 Å². The molecule has 0 saturated heterocycles. The third-order valence-corrected chi connectivity index (χ3v) is 5.79. The smallest absolute Gasteiger partial charge is 0.290 e. The van der Waals surface area contributed by atoms with E-state index in [1.807, 2.05) is 12.3 Å². The molecule has 0 aliphatic rings. The van der Waals surface area contributed by atoms with Gasteiger partial charge in [-0.25, -0.2) is 9.67 Å². The standard InChI is InChI=1S/C24H23N5O4S/c1-14(2)29-24(32)20-10-5-4-9-19(20)21(28-29)23(31)27-26-22(30)16-7-6-8-18(11-16)33-12-17-13-34-15(3)25-17/h4-11,13-14H,12H2,1-3H3,(H,26,30)(H,27,31). The highest BCUT2D eigenvalue weighted by molar-refractivity contribution is 7.09. The number of thiazole rings is 1. The molecule has 4 rings (SSSR count). The van der Waals surface area contributed by atoms with Crippen molar-refractivity contribution in [1.82, 2.24) is 25.6 Å². The molecule has 0 fully saturated rings. The first kappa shape index (κ1) is 23.1. The number of carbonyl (C=O) groups is 2. The minimum atomic E-state index is -0.634. The van der Waals surface area contributed by atoms with Gasteiger partial charge in [0.05, 0.1) is 22.1 Å². The van der Waals surface area contributed by atoms with Crippen LogP contribution in [0.2, 0.25) is 0 Å². The molecule has 4 aromatic rings. The molecule has 0 aliphatic carbocycles. The normalized spacial score (nSPS) is 10.9. The second kappa shape index (κ2) is 9.84. The van der Waals surface area contributed by atoms with Crippen molar-refractivity contribution in [2.45, 2.75) is 33.4 Å². The lowest BCUT2D eigenvalue weighted by molar-refractivity contribution is 0.0843. The Morgan fingerprint density at radius 2 is 1.79 bits per heavy atom. The van der Waals surface area contributed by atoms with Crippen molar-refractivity contribution < 1.29 is 14.3 Å². The van der Waals surface area contributed by atoms with Gasteiger partial charge in [0.2, 0.25) is 0 Å². The van der Waals surface area contributed by atoms with E-state index >= 15 is 0 Å². The molecule has 0 unspecified atom stereocenters. The zero-order valence-electron chi connectivity index (χ0n) is 18.9. The van der Waals surface area contributed by atoms with Gasteiger partial charge in [0, 0.05) is 16.3 Å². The summed E-state index contributed by atoms with van der Waals surface area (Å²) in [6.07, 6.45) is 0. The summed E-state index contributed by atoms with van der Waals surface area (Å²) in [7, 11) is 0. The highest BCUT2D eigenvalue weighted by Gasteiger charge is 2.18. The Morgan fingerprint density at radius 1 is 1.06 bits per heavy atom. The lowest BCUT2D eigenvalue weighted by Gasteiger charge is -2.14. The predicted molar refractivity (Wildman–Crippen MR) is 129 cm³/mol. The molecule has 2 aromatic heterocycles. The highest BCUT2D eigenvalue weighted by atomic mass is 32.1. The number of rotatable bonds is 6. The number of hydrogen-bond acceptors (Lipinski definition) is 7. The van der Waals surface area contributed by atoms with Crippen molar-refractivity contribution >= 4 is 33.9 Å². The second-order valence-electron chi connectivity index (χ2n) is 7.82. The largest absolute Gasteiger partial charge is 0.487 e. The minimum Gasteiger partial charge on any atom is -0.487 e. The monoisotopic (exact) mass is 477 g/mol. The Morgan fingerprint density at radius 3 is 2.50 bits per heavy atom. The number of ether oxygens (including phenoxy) is 1. The maximum absolute atomic E-state index is 12.9. The first-order valence-electron chi connectivity index (χ1n) is 10.6. The van der Waals surface area contributed by atoms with E-state index < -0.39 is 11.8 Å². The Bertz CT molecular complexity index is 1430. The van der Waals surface area contributed by atoms with Gasteiger partial charge in [0.15, 0.2) is 5.69 Å². The first-order chi connectivity index (χ1) is 16.3. The number of nitrogens with one attached hydrogen (secondary N) is 2. The summed E-state index contributed by atoms with van der Waals surface area (Å²) in [4.78, 5) is 42.5. The number of hydrogen-bond donors (Lipinski definition) is 2. The lowest BCUT2D eigenvalue weighted by Crippen LogP contribution is -2.43. The van der Waals surface area contributed by atoms with Crippen molar-refractivity contribution in [3.05, 3.63) is 86.2 Å². The summed E-state index contributed by atoms with van der Waals surface area (Å²) in [5, 5.41) is 7.89. The van der Waals surface area contributed by atoms with Crippen LogP contribution in [-0.2, 0) is 6.61 Å². The molecule has 10 heteroatoms. The van der Waals surface area contributed by atoms with Crippen LogP contribution in [0.15, 0.2) is 58.7 Å². The Kier molecular flexibility index (Phi) is 6.69. The van der Waals surface area contributed by atoms with Gasteiger partial charge in [-0.15, -0.1) is 11.3 Å². The van der Waals surface area contributed by atoms with Crippen molar-refractivity contribution in [3.8, 4) is 5.75 Å². The third-order valence-electron chi connectivity index (χ3n) is 4.97. The quantitative estimate of drug-likeness (QED) is 0.411. The molecule has 2 N–H and O–H groups in total. The summed E-state index contributed by atoms with van der Waals surface area (Å²) in [5.41, 5.74) is 5.66. The minimum absolute atomic E-state index is 0.0415. The van der Waals surface area contributed by atoms with Crippen LogP contribution in [0.25, 0.3) is 10.8 Å². The fourth-order valence-electron chi connectivity index (χ4n) is 3.33. The molecule has 0 aliphatic heterocycles. The molecule has 0 spiro atoms. The van der Waals surface area contributed by atoms with E-state index in [2.05, 4.69) is 20.9 Å². The summed E-state index contributed by atoms with van der Waals surface area (Å²) in [6, 6.07) is 13.1. The summed E-state index contributed by atoms with van der Waals surface area (Å²) in [6.45, 7) is 5.81. The molecule has 0 saturated carbocycles. The molecule has 0 bridgehead atoms. The van der Waals surface area contributed by atoms with Crippen LogP contribution >= 0.6 is 11.3 Å². The highest BCUT2D eigenvalue weighted by Crippen LogP contribution is 2.17. The Balaban J connectivity index is 1.47. The zero-order valence-corrected chi connectivity index (χ0v) is 19.7. The molecule has 9 nitrogen and oxygen atoms in total. The van der Waals surface area contributed by atoms with E-state index in [4.69, 9.17) is 4.74 Å². The average molecular weight is 478 g/mol. The topological polar surface area (TPSA) is 115 Å². The number of benzene rings is 2. The first-order valence-corrected chi connectivity index (χ1v) is 11.5. The van der Waals surface area contributed by atoms with Gasteiger partial charge >= 0.3 is 0 Å². The number of nitrogens with zero attached hydrogens (tertiary/aromatic N) is 3. The van der Waals surface area contributed by atoms with E-state index in [0.717, 1.165) is 10.7 Å². The van der Waals surface area contributed by atoms with Crippen LogP contribution in [0.4, 0.5) is 0 Å². The number of amides is 2. The number of aryl methyl sites for hydroxylation is 1. The lowest BCUT2D eigenvalue weighted by atomic mass is 10.1. The number of carbonyl (C=O) groups excluding carboxylic acids is 2. The van der Waals surface area contributed by atoms with Gasteiger partial charge in [-0.2, -0.15) is 5.10 Å². The fourth-order valence-corrected chi connectivity index (χ4v) is 3.93. The molecule has 2 aromatic carbocycles. The maximum Gasteiger partial charge on any atom is 0.290 e. The van der Waals surface area contributed by atoms with Gasteiger partial charge < -0.3 is 4.74 Å². The number of aromatic nitrogens is 3. The van der Waals surface area contributed by atoms with Crippen LogP contribution in [0.5, 0.6) is 5.75 Å². The summed E-state index contributed by atoms with van der Waals surface area (Å²) in [5.74, 6) is -0.656. The molecule has 0 atom stereocenters. The van der Waals surface area contributed by atoms with Crippen molar-refractivity contribution in [3.63, 3.8) is 0 Å². The summed E-state index contributed by atoms with van der Waals surface area (Å²) >= 11 is 1.54. The van der Waals surface area contributed by atoms with Gasteiger partial charge in [-0.1, -0.05) is 24.3 Å². The second-order valence-corrected chi connectivity index (χ2v) is 8.88. The van der Waals surface area contributed by atoms with Gasteiger partial charge in [-0.3, -0.25) is 25.2 Å². The van der Waals surface area contributed by atoms with E-state index in [0.29, 0.717) is 22.1 Å². The van der Waals surface area contributed by atoms with Crippen LogP contribution < -0.4 is 21.1 Å². The van der Waals surface area contributed by atoms with Crippen LogP contribution in [0.1, 0.15) is 51.4 Å². The summed E-state index contributed by atoms with van der Waals surface area (Å²) < 4.78 is 6.97. The van der Waals surface area contributed by atoms with E-state index in [9.17, 15) is 14.4 Å². The molecular weight excluding hydrogens is 454 g/mol. The van der Waals surface area contributed by atoms with Crippen molar-refractivity contribution in [2.75, 3.05) is 0 Å². The zero-order chi connectivity index (χ0) is 24.2. The number of hydrazine groups is 1. The van der Waals surface area contributed by atoms with Crippen molar-refractivity contribution in [2.24, 2.45) is 0 Å². The fraction of sp³-hybridized carbons (Fsp3) is 0.208.